The van der Waals surface area contributed by atoms with Crippen molar-refractivity contribution in [3.8, 4) is 11.3 Å². The maximum atomic E-state index is 13.1. The molecule has 1 aromatic carbocycles. The molecule has 3 aromatic heterocycles. The molecular formula is C27H28N7O. The van der Waals surface area contributed by atoms with Crippen LogP contribution >= 0.6 is 0 Å². The quantitative estimate of drug-likeness (QED) is 0.500. The zero-order valence-corrected chi connectivity index (χ0v) is 19.6. The van der Waals surface area contributed by atoms with Crippen molar-refractivity contribution in [1.82, 2.24) is 34.5 Å². The van der Waals surface area contributed by atoms with Gasteiger partial charge in [0.25, 0.3) is 0 Å². The molecule has 2 fully saturated rings. The lowest BCUT2D eigenvalue weighted by molar-refractivity contribution is -0.137. The number of nitrogens with one attached hydrogen (secondary N) is 1. The Labute approximate surface area is 204 Å². The van der Waals surface area contributed by atoms with Gasteiger partial charge in [-0.3, -0.25) is 14.4 Å². The lowest BCUT2D eigenvalue weighted by Crippen LogP contribution is -2.57. The summed E-state index contributed by atoms with van der Waals surface area (Å²) in [4.78, 5) is 29.7. The third-order valence-electron chi connectivity index (χ3n) is 8.00. The number of H-pyrrole nitrogens is 1. The first-order valence-electron chi connectivity index (χ1n) is 12.5. The molecule has 35 heavy (non-hydrogen) atoms. The molecule has 0 bridgehead atoms. The predicted molar refractivity (Wildman–Crippen MR) is 132 cm³/mol. The molecule has 177 valence electrons. The number of nitrogens with zero attached hydrogens (tertiary/aromatic N) is 6. The molecule has 0 unspecified atom stereocenters. The molecule has 5 heterocycles. The molecular weight excluding hydrogens is 438 g/mol. The number of fused-ring (bicyclic) bond motifs is 2. The molecule has 1 amide bonds. The van der Waals surface area contributed by atoms with Gasteiger partial charge in [-0.25, -0.2) is 9.97 Å². The number of carbonyl (C=O) groups is 1. The van der Waals surface area contributed by atoms with Crippen molar-refractivity contribution in [2.45, 2.75) is 31.7 Å². The fraction of sp³-hybridized carbons (Fsp3) is 0.370. The van der Waals surface area contributed by atoms with Gasteiger partial charge in [0.1, 0.15) is 18.0 Å². The summed E-state index contributed by atoms with van der Waals surface area (Å²) in [5, 5.41) is 5.62. The number of amides is 1. The molecule has 1 radical (unpaired) electrons. The number of hydrogen-bond acceptors (Lipinski definition) is 5. The Morgan fingerprint density at radius 2 is 1.77 bits per heavy atom. The Kier molecular flexibility index (Phi) is 4.94. The van der Waals surface area contributed by atoms with Crippen molar-refractivity contribution in [3.05, 3.63) is 72.4 Å². The van der Waals surface area contributed by atoms with Crippen molar-refractivity contribution < 1.29 is 4.79 Å². The summed E-state index contributed by atoms with van der Waals surface area (Å²) < 4.78 is 2.00. The molecule has 2 saturated heterocycles. The second kappa shape index (κ2) is 8.30. The van der Waals surface area contributed by atoms with E-state index in [2.05, 4.69) is 60.3 Å². The SMILES string of the molecule is O=C(C1Cc2ccccc2C1)N1CCC(N2C[C](n3cc(-c4ncnc5[nH]ccc45)cn3)C2)CC1. The van der Waals surface area contributed by atoms with Crippen LogP contribution in [0.1, 0.15) is 24.0 Å². The van der Waals surface area contributed by atoms with Crippen LogP contribution in [0.3, 0.4) is 0 Å². The molecule has 2 aliphatic heterocycles. The number of aromatic amines is 1. The summed E-state index contributed by atoms with van der Waals surface area (Å²) in [6.45, 7) is 3.60. The van der Waals surface area contributed by atoms with E-state index in [1.165, 1.54) is 17.2 Å². The molecule has 0 spiro atoms. The van der Waals surface area contributed by atoms with Crippen LogP contribution in [0, 0.1) is 12.0 Å². The lowest BCUT2D eigenvalue weighted by Gasteiger charge is -2.46. The molecule has 1 N–H and O–H groups in total. The minimum atomic E-state index is 0.129. The fourth-order valence-corrected chi connectivity index (χ4v) is 5.99. The van der Waals surface area contributed by atoms with E-state index in [0.29, 0.717) is 11.9 Å². The van der Waals surface area contributed by atoms with Gasteiger partial charge in [0, 0.05) is 61.5 Å². The van der Waals surface area contributed by atoms with E-state index in [0.717, 1.165) is 74.2 Å². The summed E-state index contributed by atoms with van der Waals surface area (Å²) >= 11 is 0. The Morgan fingerprint density at radius 3 is 2.54 bits per heavy atom. The van der Waals surface area contributed by atoms with Gasteiger partial charge in [-0.2, -0.15) is 5.10 Å². The lowest BCUT2D eigenvalue weighted by atomic mass is 9.96. The Bertz CT molecular complexity index is 1350. The second-order valence-electron chi connectivity index (χ2n) is 10.0. The van der Waals surface area contributed by atoms with Gasteiger partial charge < -0.3 is 9.88 Å². The first-order valence-corrected chi connectivity index (χ1v) is 12.5. The first-order chi connectivity index (χ1) is 17.2. The van der Waals surface area contributed by atoms with E-state index in [9.17, 15) is 4.79 Å². The maximum Gasteiger partial charge on any atom is 0.226 e. The van der Waals surface area contributed by atoms with Crippen molar-refractivity contribution in [1.29, 1.82) is 0 Å². The van der Waals surface area contributed by atoms with Crippen LogP contribution < -0.4 is 0 Å². The van der Waals surface area contributed by atoms with Gasteiger partial charge in [0.15, 0.2) is 0 Å². The highest BCUT2D eigenvalue weighted by molar-refractivity contribution is 5.90. The second-order valence-corrected chi connectivity index (χ2v) is 10.0. The minimum Gasteiger partial charge on any atom is -0.346 e. The van der Waals surface area contributed by atoms with E-state index in [-0.39, 0.29) is 5.92 Å². The molecule has 7 rings (SSSR count). The zero-order valence-electron chi connectivity index (χ0n) is 19.6. The normalized spacial score (nSPS) is 19.8. The molecule has 4 aromatic rings. The Hall–Kier alpha value is -3.52. The average Bonchev–Trinajstić information content (AvgIpc) is 3.62. The zero-order chi connectivity index (χ0) is 23.4. The summed E-state index contributed by atoms with van der Waals surface area (Å²) in [7, 11) is 0. The van der Waals surface area contributed by atoms with Gasteiger partial charge in [0.05, 0.1) is 11.9 Å². The molecule has 0 saturated carbocycles. The van der Waals surface area contributed by atoms with Crippen LogP contribution in [0.15, 0.2) is 55.2 Å². The smallest absolute Gasteiger partial charge is 0.226 e. The fourth-order valence-electron chi connectivity index (χ4n) is 5.99. The number of hydrogen-bond donors (Lipinski definition) is 1. The van der Waals surface area contributed by atoms with E-state index in [4.69, 9.17) is 0 Å². The average molecular weight is 467 g/mol. The number of benzene rings is 1. The predicted octanol–water partition coefficient (Wildman–Crippen LogP) is 2.92. The Morgan fingerprint density at radius 1 is 1.00 bits per heavy atom. The van der Waals surface area contributed by atoms with Crippen LogP contribution in [0.4, 0.5) is 0 Å². The monoisotopic (exact) mass is 466 g/mol. The van der Waals surface area contributed by atoms with Gasteiger partial charge >= 0.3 is 0 Å². The molecule has 0 atom stereocenters. The summed E-state index contributed by atoms with van der Waals surface area (Å²) in [5.74, 6) is 0.477. The maximum absolute atomic E-state index is 13.1. The van der Waals surface area contributed by atoms with Crippen molar-refractivity contribution >= 4 is 16.9 Å². The highest BCUT2D eigenvalue weighted by Crippen LogP contribution is 2.32. The summed E-state index contributed by atoms with van der Waals surface area (Å²) in [6.07, 6.45) is 11.3. The van der Waals surface area contributed by atoms with E-state index >= 15 is 0 Å². The minimum absolute atomic E-state index is 0.129. The molecule has 3 aliphatic rings. The molecule has 8 nitrogen and oxygen atoms in total. The van der Waals surface area contributed by atoms with Crippen LogP contribution in [-0.4, -0.2) is 72.7 Å². The topological polar surface area (TPSA) is 82.9 Å². The highest BCUT2D eigenvalue weighted by Gasteiger charge is 2.38. The number of carbonyl (C=O) groups excluding carboxylic acids is 1. The molecule has 8 heteroatoms. The standard InChI is InChI=1S/C27H28N7O/c35-27(20-11-18-3-1-2-4-19(18)12-20)32-9-6-22(7-10-32)33-15-23(16-33)34-14-21(13-31-34)25-24-5-8-28-26(24)30-17-29-25/h1-5,8,13-14,17,20,22H,6-7,9-12,15-16H2,(H,28,29,30). The number of aromatic nitrogens is 5. The van der Waals surface area contributed by atoms with Crippen LogP contribution in [0.25, 0.3) is 22.3 Å². The van der Waals surface area contributed by atoms with Gasteiger partial charge in [-0.05, 0) is 42.9 Å². The van der Waals surface area contributed by atoms with Crippen molar-refractivity contribution in [2.75, 3.05) is 26.2 Å². The number of piperidine rings is 1. The first kappa shape index (κ1) is 20.8. The van der Waals surface area contributed by atoms with Gasteiger partial charge in [-0.1, -0.05) is 24.3 Å². The van der Waals surface area contributed by atoms with E-state index < -0.39 is 0 Å². The third-order valence-corrected chi connectivity index (χ3v) is 8.00. The largest absolute Gasteiger partial charge is 0.346 e. The number of likely N-dealkylation sites (tertiary alicyclic amines) is 2. The summed E-state index contributed by atoms with van der Waals surface area (Å²) in [6, 6.07) is 12.3. The van der Waals surface area contributed by atoms with Crippen LogP contribution in [0.5, 0.6) is 0 Å². The van der Waals surface area contributed by atoms with Gasteiger partial charge in [0.2, 0.25) is 5.91 Å². The third kappa shape index (κ3) is 3.63. The Balaban J connectivity index is 0.932. The highest BCUT2D eigenvalue weighted by atomic mass is 16.2. The summed E-state index contributed by atoms with van der Waals surface area (Å²) in [5.41, 5.74) is 5.45. The van der Waals surface area contributed by atoms with Crippen molar-refractivity contribution in [3.63, 3.8) is 0 Å². The molecule has 1 aliphatic carbocycles. The van der Waals surface area contributed by atoms with E-state index in [1.54, 1.807) is 6.33 Å². The van der Waals surface area contributed by atoms with Crippen molar-refractivity contribution in [2.24, 2.45) is 5.92 Å². The van der Waals surface area contributed by atoms with Crippen LogP contribution in [0.2, 0.25) is 0 Å². The van der Waals surface area contributed by atoms with E-state index in [1.807, 2.05) is 23.1 Å². The number of rotatable bonds is 4. The van der Waals surface area contributed by atoms with Gasteiger partial charge in [-0.15, -0.1) is 0 Å². The van der Waals surface area contributed by atoms with Crippen LogP contribution in [-0.2, 0) is 17.6 Å².